The van der Waals surface area contributed by atoms with Gasteiger partial charge in [0.05, 0.1) is 23.9 Å². The molecule has 0 unspecified atom stereocenters. The molecule has 146 valence electrons. The van der Waals surface area contributed by atoms with Crippen molar-refractivity contribution in [2.24, 2.45) is 5.41 Å². The van der Waals surface area contributed by atoms with Crippen LogP contribution in [-0.4, -0.2) is 70.8 Å². The lowest BCUT2D eigenvalue weighted by atomic mass is 9.70. The van der Waals surface area contributed by atoms with Crippen LogP contribution in [0.5, 0.6) is 0 Å². The van der Waals surface area contributed by atoms with Gasteiger partial charge in [0.15, 0.2) is 0 Å². The molecule has 2 N–H and O–H groups in total. The van der Waals surface area contributed by atoms with Crippen molar-refractivity contribution < 1.29 is 33.8 Å². The van der Waals surface area contributed by atoms with Crippen molar-refractivity contribution in [2.45, 2.75) is 76.6 Å². The van der Waals surface area contributed by atoms with E-state index in [1.165, 1.54) is 0 Å². The van der Waals surface area contributed by atoms with E-state index in [0.29, 0.717) is 32.2 Å². The van der Waals surface area contributed by atoms with Crippen LogP contribution in [-0.2, 0) is 18.8 Å². The van der Waals surface area contributed by atoms with Gasteiger partial charge in [0, 0.05) is 12.0 Å². The van der Waals surface area contributed by atoms with Gasteiger partial charge in [0.25, 0.3) is 0 Å². The summed E-state index contributed by atoms with van der Waals surface area (Å²) in [6.07, 6.45) is 0.887. The molecule has 3 atom stereocenters. The molecule has 3 fully saturated rings. The number of fused-ring (bicyclic) bond motifs is 1. The number of likely N-dealkylation sites (tertiary alicyclic amines) is 1. The van der Waals surface area contributed by atoms with E-state index in [9.17, 15) is 19.8 Å². The molecule has 0 aromatic rings. The van der Waals surface area contributed by atoms with Gasteiger partial charge in [-0.05, 0) is 46.9 Å². The Morgan fingerprint density at radius 3 is 2.31 bits per heavy atom. The summed E-state index contributed by atoms with van der Waals surface area (Å²) in [4.78, 5) is 24.3. The molecule has 9 heteroatoms. The van der Waals surface area contributed by atoms with Crippen molar-refractivity contribution in [1.82, 2.24) is 4.90 Å². The molecule has 0 bridgehead atoms. The van der Waals surface area contributed by atoms with Crippen molar-refractivity contribution in [2.75, 3.05) is 13.2 Å². The minimum absolute atomic E-state index is 0.114. The van der Waals surface area contributed by atoms with Gasteiger partial charge in [-0.2, -0.15) is 0 Å². The standard InChI is InChI=1S/C17H28BNO7/c1-15(2)16(3,4)26-18(25-15)8-5-6-17-7-9-24-11(17)10-19(14(22)23)12(17)13(20)21/h11-12H,5-10H2,1-4H3,(H,20,21)(H,22,23)/t11-,12+,17-/m0/s1. The van der Waals surface area contributed by atoms with E-state index in [4.69, 9.17) is 14.0 Å². The molecule has 0 radical (unpaired) electrons. The lowest BCUT2D eigenvalue weighted by molar-refractivity contribution is -0.145. The van der Waals surface area contributed by atoms with Crippen LogP contribution in [0.4, 0.5) is 4.79 Å². The molecule has 8 nitrogen and oxygen atoms in total. The second-order valence-electron chi connectivity index (χ2n) is 8.60. The number of carboxylic acid groups (broad SMARTS) is 2. The van der Waals surface area contributed by atoms with E-state index >= 15 is 0 Å². The van der Waals surface area contributed by atoms with Crippen molar-refractivity contribution in [3.8, 4) is 0 Å². The first-order valence-corrected chi connectivity index (χ1v) is 9.20. The number of amides is 1. The van der Waals surface area contributed by atoms with E-state index in [1.807, 2.05) is 27.7 Å². The van der Waals surface area contributed by atoms with Gasteiger partial charge >= 0.3 is 19.2 Å². The first-order chi connectivity index (χ1) is 12.0. The predicted molar refractivity (Wildman–Crippen MR) is 93.1 cm³/mol. The van der Waals surface area contributed by atoms with Crippen LogP contribution in [0, 0.1) is 5.41 Å². The number of rotatable bonds is 5. The molecule has 0 aromatic heterocycles. The number of nitrogens with zero attached hydrogens (tertiary/aromatic N) is 1. The number of carbonyl (C=O) groups is 2. The molecule has 3 saturated heterocycles. The van der Waals surface area contributed by atoms with Crippen LogP contribution in [0.2, 0.25) is 6.32 Å². The fourth-order valence-corrected chi connectivity index (χ4v) is 4.53. The summed E-state index contributed by atoms with van der Waals surface area (Å²) >= 11 is 0. The smallest absolute Gasteiger partial charge is 0.457 e. The van der Waals surface area contributed by atoms with Crippen molar-refractivity contribution in [1.29, 1.82) is 0 Å². The first-order valence-electron chi connectivity index (χ1n) is 9.20. The van der Waals surface area contributed by atoms with E-state index in [0.717, 1.165) is 4.90 Å². The summed E-state index contributed by atoms with van der Waals surface area (Å²) in [6.45, 7) is 8.56. The van der Waals surface area contributed by atoms with Gasteiger partial charge in [-0.3, -0.25) is 4.90 Å². The maximum atomic E-state index is 11.8. The monoisotopic (exact) mass is 369 g/mol. The number of hydrogen-bond donors (Lipinski definition) is 2. The van der Waals surface area contributed by atoms with Crippen LogP contribution in [0.3, 0.4) is 0 Å². The molecule has 3 aliphatic rings. The van der Waals surface area contributed by atoms with Gasteiger partial charge in [0.2, 0.25) is 0 Å². The van der Waals surface area contributed by atoms with Crippen LogP contribution >= 0.6 is 0 Å². The third-order valence-electron chi connectivity index (χ3n) is 6.61. The summed E-state index contributed by atoms with van der Waals surface area (Å²) in [5.41, 5.74) is -1.47. The molecule has 0 saturated carbocycles. The number of carboxylic acids is 1. The van der Waals surface area contributed by atoms with Gasteiger partial charge in [-0.25, -0.2) is 9.59 Å². The molecular weight excluding hydrogens is 341 g/mol. The average molecular weight is 369 g/mol. The Morgan fingerprint density at radius 2 is 1.77 bits per heavy atom. The number of aliphatic carboxylic acids is 1. The zero-order valence-electron chi connectivity index (χ0n) is 15.9. The first kappa shape index (κ1) is 19.4. The minimum Gasteiger partial charge on any atom is -0.480 e. The van der Waals surface area contributed by atoms with Gasteiger partial charge in [-0.15, -0.1) is 0 Å². The largest absolute Gasteiger partial charge is 0.480 e. The summed E-state index contributed by atoms with van der Waals surface area (Å²) in [5, 5.41) is 19.1. The van der Waals surface area contributed by atoms with Crippen molar-refractivity contribution in [3.05, 3.63) is 0 Å². The van der Waals surface area contributed by atoms with Crippen LogP contribution in [0.25, 0.3) is 0 Å². The van der Waals surface area contributed by atoms with Crippen molar-refractivity contribution >= 4 is 19.2 Å². The molecule has 0 spiro atoms. The molecule has 3 rings (SSSR count). The molecular formula is C17H28BNO7. The third-order valence-corrected chi connectivity index (χ3v) is 6.61. The van der Waals surface area contributed by atoms with Crippen LogP contribution in [0.15, 0.2) is 0 Å². The number of ether oxygens (including phenoxy) is 1. The SMILES string of the molecule is CC1(C)OB(CCC[C@]23CCO[C@H]2CN(C(=O)O)[C@@H]3C(=O)O)OC1(C)C. The van der Waals surface area contributed by atoms with Crippen LogP contribution in [0.1, 0.15) is 47.0 Å². The molecule has 0 aliphatic carbocycles. The maximum absolute atomic E-state index is 11.8. The van der Waals surface area contributed by atoms with Gasteiger partial charge in [-0.1, -0.05) is 6.42 Å². The molecule has 3 aliphatic heterocycles. The van der Waals surface area contributed by atoms with E-state index < -0.39 is 34.7 Å². The molecule has 1 amide bonds. The van der Waals surface area contributed by atoms with Gasteiger partial charge in [0.1, 0.15) is 6.04 Å². The molecule has 26 heavy (non-hydrogen) atoms. The summed E-state index contributed by atoms with van der Waals surface area (Å²) in [6, 6.07) is -1.06. The Morgan fingerprint density at radius 1 is 1.15 bits per heavy atom. The zero-order chi connectivity index (χ0) is 19.3. The second-order valence-corrected chi connectivity index (χ2v) is 8.60. The Kier molecular flexibility index (Phi) is 4.78. The van der Waals surface area contributed by atoms with Crippen molar-refractivity contribution in [3.63, 3.8) is 0 Å². The normalized spacial score (nSPS) is 34.9. The lowest BCUT2D eigenvalue weighted by Gasteiger charge is -2.33. The fraction of sp³-hybridized carbons (Fsp3) is 0.882. The Bertz CT molecular complexity index is 580. The fourth-order valence-electron chi connectivity index (χ4n) is 4.53. The second kappa shape index (κ2) is 6.39. The Hall–Kier alpha value is -1.32. The molecule has 0 aromatic carbocycles. The van der Waals surface area contributed by atoms with E-state index in [1.54, 1.807) is 0 Å². The average Bonchev–Trinajstić information content (AvgIpc) is 3.06. The Balaban J connectivity index is 1.68. The highest BCUT2D eigenvalue weighted by Gasteiger charge is 2.61. The topological polar surface area (TPSA) is 106 Å². The minimum atomic E-state index is -1.21. The lowest BCUT2D eigenvalue weighted by Crippen LogP contribution is -2.48. The molecule has 3 heterocycles. The summed E-state index contributed by atoms with van der Waals surface area (Å²) in [5.74, 6) is -1.10. The predicted octanol–water partition coefficient (Wildman–Crippen LogP) is 2.08. The highest BCUT2D eigenvalue weighted by molar-refractivity contribution is 6.45. The third kappa shape index (κ3) is 2.99. The van der Waals surface area contributed by atoms with Crippen LogP contribution < -0.4 is 0 Å². The quantitative estimate of drug-likeness (QED) is 0.715. The summed E-state index contributed by atoms with van der Waals surface area (Å²) < 4.78 is 17.7. The number of hydrogen-bond acceptors (Lipinski definition) is 5. The highest BCUT2D eigenvalue weighted by Crippen LogP contribution is 2.50. The summed E-state index contributed by atoms with van der Waals surface area (Å²) in [7, 11) is -0.336. The van der Waals surface area contributed by atoms with E-state index in [-0.39, 0.29) is 19.8 Å². The van der Waals surface area contributed by atoms with E-state index in [2.05, 4.69) is 0 Å². The highest BCUT2D eigenvalue weighted by atomic mass is 16.7. The maximum Gasteiger partial charge on any atom is 0.457 e. The zero-order valence-corrected chi connectivity index (χ0v) is 15.9. The van der Waals surface area contributed by atoms with Gasteiger partial charge < -0.3 is 24.3 Å². The Labute approximate surface area is 153 Å².